The molecule has 0 bridgehead atoms. The first-order valence-corrected chi connectivity index (χ1v) is 13.1. The van der Waals surface area contributed by atoms with E-state index in [1.807, 2.05) is 12.4 Å². The maximum absolute atomic E-state index is 12.5. The highest BCUT2D eigenvalue weighted by Gasteiger charge is 2.43. The van der Waals surface area contributed by atoms with Crippen molar-refractivity contribution in [1.82, 2.24) is 9.97 Å². The standard InChI is InChI=1S/C29H39N3O2/c1-3-5-7-8-9-10-23-20-31-27(32-21-23)26-13-11-24(12-14-26)25-15-17-29(22-30,18-16-25)28(33)34-19-6-4-2/h11-14,20-21,25H,3-10,15-19H2,1-2H3. The van der Waals surface area contributed by atoms with Crippen LogP contribution < -0.4 is 0 Å². The lowest BCUT2D eigenvalue weighted by Gasteiger charge is -2.33. The second kappa shape index (κ2) is 13.2. The van der Waals surface area contributed by atoms with Crippen LogP contribution in [0.2, 0.25) is 0 Å². The molecule has 0 amide bonds. The molecular formula is C29H39N3O2. The number of esters is 1. The van der Waals surface area contributed by atoms with E-state index in [0.717, 1.165) is 43.5 Å². The average molecular weight is 462 g/mol. The molecule has 1 aliphatic rings. The van der Waals surface area contributed by atoms with E-state index >= 15 is 0 Å². The molecule has 1 heterocycles. The fourth-order valence-corrected chi connectivity index (χ4v) is 4.72. The third-order valence-corrected chi connectivity index (χ3v) is 7.09. The highest BCUT2D eigenvalue weighted by molar-refractivity contribution is 5.80. The summed E-state index contributed by atoms with van der Waals surface area (Å²) in [7, 11) is 0. The van der Waals surface area contributed by atoms with E-state index in [1.54, 1.807) is 0 Å². The largest absolute Gasteiger partial charge is 0.465 e. The average Bonchev–Trinajstić information content (AvgIpc) is 2.89. The van der Waals surface area contributed by atoms with Crippen LogP contribution in [-0.2, 0) is 16.0 Å². The Balaban J connectivity index is 1.53. The number of nitrogens with zero attached hydrogens (tertiary/aromatic N) is 3. The molecule has 0 N–H and O–H groups in total. The van der Waals surface area contributed by atoms with Gasteiger partial charge in [-0.2, -0.15) is 5.26 Å². The molecule has 0 aliphatic heterocycles. The number of unbranched alkanes of at least 4 members (excludes halogenated alkanes) is 5. The van der Waals surface area contributed by atoms with Gasteiger partial charge in [0.1, 0.15) is 0 Å². The number of aryl methyl sites for hydroxylation is 1. The molecule has 182 valence electrons. The predicted molar refractivity (Wildman–Crippen MR) is 135 cm³/mol. The summed E-state index contributed by atoms with van der Waals surface area (Å²) in [5.41, 5.74) is 2.49. The molecule has 0 unspecified atom stereocenters. The zero-order valence-corrected chi connectivity index (χ0v) is 20.9. The minimum atomic E-state index is -0.976. The summed E-state index contributed by atoms with van der Waals surface area (Å²) in [6.07, 6.45) is 15.9. The van der Waals surface area contributed by atoms with Crippen molar-refractivity contribution in [1.29, 1.82) is 5.26 Å². The molecule has 2 aromatic rings. The summed E-state index contributed by atoms with van der Waals surface area (Å²) in [6.45, 7) is 4.70. The van der Waals surface area contributed by atoms with Crippen molar-refractivity contribution < 1.29 is 9.53 Å². The molecule has 5 heteroatoms. The van der Waals surface area contributed by atoms with Crippen molar-refractivity contribution in [2.24, 2.45) is 5.41 Å². The normalized spacial score (nSPS) is 20.0. The second-order valence-corrected chi connectivity index (χ2v) is 9.66. The Morgan fingerprint density at radius 1 is 1.00 bits per heavy atom. The van der Waals surface area contributed by atoms with Gasteiger partial charge in [0.25, 0.3) is 0 Å². The molecule has 0 radical (unpaired) electrons. The lowest BCUT2D eigenvalue weighted by atomic mass is 9.69. The first-order chi connectivity index (χ1) is 16.6. The van der Waals surface area contributed by atoms with E-state index in [4.69, 9.17) is 4.74 Å². The van der Waals surface area contributed by atoms with Gasteiger partial charge in [0, 0.05) is 18.0 Å². The van der Waals surface area contributed by atoms with Gasteiger partial charge in [0.05, 0.1) is 12.7 Å². The number of rotatable bonds is 12. The van der Waals surface area contributed by atoms with Gasteiger partial charge in [0.15, 0.2) is 11.2 Å². The molecule has 1 aromatic carbocycles. The fourth-order valence-electron chi connectivity index (χ4n) is 4.72. The molecule has 1 saturated carbocycles. The van der Waals surface area contributed by atoms with E-state index in [9.17, 15) is 10.1 Å². The Bertz CT molecular complexity index is 923. The molecule has 0 spiro atoms. The highest BCUT2D eigenvalue weighted by atomic mass is 16.5. The van der Waals surface area contributed by atoms with Gasteiger partial charge in [-0.15, -0.1) is 0 Å². The van der Waals surface area contributed by atoms with Crippen molar-refractivity contribution in [2.75, 3.05) is 6.61 Å². The second-order valence-electron chi connectivity index (χ2n) is 9.66. The van der Waals surface area contributed by atoms with Crippen molar-refractivity contribution >= 4 is 5.97 Å². The lowest BCUT2D eigenvalue weighted by molar-refractivity contribution is -0.154. The zero-order chi connectivity index (χ0) is 24.2. The highest BCUT2D eigenvalue weighted by Crippen LogP contribution is 2.43. The molecular weight excluding hydrogens is 422 g/mol. The number of nitriles is 1. The summed E-state index contributed by atoms with van der Waals surface area (Å²) >= 11 is 0. The van der Waals surface area contributed by atoms with Crippen LogP contribution in [0.25, 0.3) is 11.4 Å². The number of aromatic nitrogens is 2. The van der Waals surface area contributed by atoms with Gasteiger partial charge in [0.2, 0.25) is 0 Å². The number of hydrogen-bond donors (Lipinski definition) is 0. The zero-order valence-electron chi connectivity index (χ0n) is 20.9. The number of carbonyl (C=O) groups is 1. The monoisotopic (exact) mass is 461 g/mol. The summed E-state index contributed by atoms with van der Waals surface area (Å²) in [4.78, 5) is 21.7. The van der Waals surface area contributed by atoms with Crippen molar-refractivity contribution in [3.8, 4) is 17.5 Å². The molecule has 34 heavy (non-hydrogen) atoms. The topological polar surface area (TPSA) is 75.9 Å². The molecule has 0 saturated heterocycles. The van der Waals surface area contributed by atoms with E-state index in [0.29, 0.717) is 25.4 Å². The summed E-state index contributed by atoms with van der Waals surface area (Å²) in [6, 6.07) is 10.7. The van der Waals surface area contributed by atoms with Crippen LogP contribution in [0.1, 0.15) is 102 Å². The first kappa shape index (κ1) is 25.9. The van der Waals surface area contributed by atoms with Crippen LogP contribution in [0, 0.1) is 16.7 Å². The number of carbonyl (C=O) groups excluding carboxylic acids is 1. The first-order valence-electron chi connectivity index (χ1n) is 13.1. The molecule has 3 rings (SSSR count). The maximum Gasteiger partial charge on any atom is 0.326 e. The van der Waals surface area contributed by atoms with Gasteiger partial charge >= 0.3 is 5.97 Å². The van der Waals surface area contributed by atoms with Crippen LogP contribution >= 0.6 is 0 Å². The van der Waals surface area contributed by atoms with E-state index in [-0.39, 0.29) is 5.97 Å². The smallest absolute Gasteiger partial charge is 0.326 e. The minimum absolute atomic E-state index is 0.334. The van der Waals surface area contributed by atoms with Crippen LogP contribution in [0.15, 0.2) is 36.7 Å². The van der Waals surface area contributed by atoms with Gasteiger partial charge < -0.3 is 4.74 Å². The Morgan fingerprint density at radius 3 is 2.26 bits per heavy atom. The van der Waals surface area contributed by atoms with Gasteiger partial charge in [-0.3, -0.25) is 4.79 Å². The lowest BCUT2D eigenvalue weighted by Crippen LogP contribution is -2.35. The van der Waals surface area contributed by atoms with Crippen molar-refractivity contribution in [3.05, 3.63) is 47.8 Å². The minimum Gasteiger partial charge on any atom is -0.465 e. The molecule has 1 fully saturated rings. The van der Waals surface area contributed by atoms with Crippen LogP contribution in [-0.4, -0.2) is 22.5 Å². The molecule has 1 aromatic heterocycles. The Labute approximate surface area is 205 Å². The molecule has 0 atom stereocenters. The predicted octanol–water partition coefficient (Wildman–Crippen LogP) is 7.17. The van der Waals surface area contributed by atoms with Gasteiger partial charge in [-0.25, -0.2) is 9.97 Å². The molecule has 5 nitrogen and oxygen atoms in total. The van der Waals surface area contributed by atoms with E-state index in [1.165, 1.54) is 43.2 Å². The summed E-state index contributed by atoms with van der Waals surface area (Å²) < 4.78 is 5.39. The Kier molecular flexibility index (Phi) is 10.1. The third-order valence-electron chi connectivity index (χ3n) is 7.09. The number of hydrogen-bond acceptors (Lipinski definition) is 5. The summed E-state index contributed by atoms with van der Waals surface area (Å²) in [5.74, 6) is 0.775. The van der Waals surface area contributed by atoms with Crippen LogP contribution in [0.5, 0.6) is 0 Å². The Morgan fingerprint density at radius 2 is 1.65 bits per heavy atom. The van der Waals surface area contributed by atoms with Crippen molar-refractivity contribution in [3.63, 3.8) is 0 Å². The number of ether oxygens (including phenoxy) is 1. The van der Waals surface area contributed by atoms with Crippen molar-refractivity contribution in [2.45, 2.75) is 96.8 Å². The third kappa shape index (κ3) is 6.88. The SMILES string of the molecule is CCCCCCCc1cnc(-c2ccc(C3CCC(C#N)(C(=O)OCCCC)CC3)cc2)nc1. The maximum atomic E-state index is 12.5. The quantitative estimate of drug-likeness (QED) is 0.247. The van der Waals surface area contributed by atoms with E-state index in [2.05, 4.69) is 54.2 Å². The van der Waals surface area contributed by atoms with E-state index < -0.39 is 5.41 Å². The van der Waals surface area contributed by atoms with Gasteiger partial charge in [-0.1, -0.05) is 70.2 Å². The number of benzene rings is 1. The summed E-state index contributed by atoms with van der Waals surface area (Å²) in [5, 5.41) is 9.72. The molecule has 1 aliphatic carbocycles. The Hall–Kier alpha value is -2.74. The fraction of sp³-hybridized carbons (Fsp3) is 0.586. The van der Waals surface area contributed by atoms with Crippen LogP contribution in [0.4, 0.5) is 0 Å². The van der Waals surface area contributed by atoms with Gasteiger partial charge in [-0.05, 0) is 62.0 Å². The van der Waals surface area contributed by atoms with Crippen LogP contribution in [0.3, 0.4) is 0 Å².